The van der Waals surface area contributed by atoms with Gasteiger partial charge in [-0.05, 0) is 50.0 Å². The van der Waals surface area contributed by atoms with Gasteiger partial charge in [0.1, 0.15) is 0 Å². The van der Waals surface area contributed by atoms with Gasteiger partial charge in [-0.3, -0.25) is 0 Å². The predicted octanol–water partition coefficient (Wildman–Crippen LogP) is 6.77. The predicted molar refractivity (Wildman–Crippen MR) is 125 cm³/mol. The van der Waals surface area contributed by atoms with E-state index in [1.165, 1.54) is 0 Å². The van der Waals surface area contributed by atoms with Crippen molar-refractivity contribution >= 4 is 41.6 Å². The zero-order chi connectivity index (χ0) is 21.2. The standard InChI is InChI=1S/C25H19N5O/c1-3-27-25-24(26-2)28-16-19(29-25)17-12-14-18(15-13-17)30-20-8-4-6-10-22(20)31-23-11-7-5-9-21(23)30/h3-16H,2H2,1H3. The van der Waals surface area contributed by atoms with E-state index in [9.17, 15) is 0 Å². The van der Waals surface area contributed by atoms with E-state index in [1.807, 2.05) is 55.5 Å². The quantitative estimate of drug-likeness (QED) is 0.309. The molecule has 0 aliphatic carbocycles. The van der Waals surface area contributed by atoms with Crippen LogP contribution in [0.3, 0.4) is 0 Å². The highest BCUT2D eigenvalue weighted by molar-refractivity contribution is 5.86. The van der Waals surface area contributed by atoms with Gasteiger partial charge in [0.15, 0.2) is 23.1 Å². The van der Waals surface area contributed by atoms with Gasteiger partial charge in [-0.15, -0.1) is 0 Å². The first-order valence-corrected chi connectivity index (χ1v) is 9.87. The molecule has 0 spiro atoms. The van der Waals surface area contributed by atoms with Crippen molar-refractivity contribution in [3.63, 3.8) is 0 Å². The second-order valence-electron chi connectivity index (χ2n) is 6.87. The lowest BCUT2D eigenvalue weighted by atomic mass is 10.1. The average Bonchev–Trinajstić information content (AvgIpc) is 2.83. The molecule has 0 radical (unpaired) electrons. The van der Waals surface area contributed by atoms with Crippen LogP contribution in [-0.4, -0.2) is 22.9 Å². The molecule has 0 saturated heterocycles. The van der Waals surface area contributed by atoms with Crippen LogP contribution in [0, 0.1) is 0 Å². The summed E-state index contributed by atoms with van der Waals surface area (Å²) in [5.74, 6) is 2.52. The van der Waals surface area contributed by atoms with Crippen LogP contribution < -0.4 is 9.64 Å². The highest BCUT2D eigenvalue weighted by atomic mass is 16.5. The summed E-state index contributed by atoms with van der Waals surface area (Å²) in [6, 6.07) is 24.2. The topological polar surface area (TPSA) is 63.0 Å². The summed E-state index contributed by atoms with van der Waals surface area (Å²) in [6.07, 6.45) is 3.35. The summed E-state index contributed by atoms with van der Waals surface area (Å²) >= 11 is 0. The fourth-order valence-corrected chi connectivity index (χ4v) is 3.60. The molecular weight excluding hydrogens is 386 g/mol. The second-order valence-corrected chi connectivity index (χ2v) is 6.87. The highest BCUT2D eigenvalue weighted by Crippen LogP contribution is 2.50. The summed E-state index contributed by atoms with van der Waals surface area (Å²) in [6.45, 7) is 5.36. The third-order valence-electron chi connectivity index (χ3n) is 4.99. The number of nitrogens with zero attached hydrogens (tertiary/aromatic N) is 5. The molecular formula is C25H19N5O. The largest absolute Gasteiger partial charge is 0.453 e. The molecule has 1 aromatic heterocycles. The number of rotatable bonds is 4. The Morgan fingerprint density at radius 3 is 2.13 bits per heavy atom. The SMILES string of the molecule is C=Nc1ncc(-c2ccc(N3c4ccccc4Oc4ccccc43)cc2)nc1N=CC. The van der Waals surface area contributed by atoms with E-state index in [0.29, 0.717) is 11.6 Å². The number of hydrogen-bond acceptors (Lipinski definition) is 6. The van der Waals surface area contributed by atoms with Gasteiger partial charge in [0.2, 0.25) is 0 Å². The van der Waals surface area contributed by atoms with Crippen molar-refractivity contribution in [2.75, 3.05) is 4.90 Å². The van der Waals surface area contributed by atoms with Crippen LogP contribution in [0.1, 0.15) is 6.92 Å². The van der Waals surface area contributed by atoms with Gasteiger partial charge in [0.25, 0.3) is 0 Å². The van der Waals surface area contributed by atoms with Crippen LogP contribution in [0.4, 0.5) is 28.7 Å². The highest BCUT2D eigenvalue weighted by Gasteiger charge is 2.25. The fourth-order valence-electron chi connectivity index (χ4n) is 3.60. The van der Waals surface area contributed by atoms with E-state index < -0.39 is 0 Å². The van der Waals surface area contributed by atoms with E-state index in [-0.39, 0.29) is 0 Å². The number of benzene rings is 3. The second kappa shape index (κ2) is 7.84. The molecule has 5 rings (SSSR count). The van der Waals surface area contributed by atoms with Crippen molar-refractivity contribution in [1.82, 2.24) is 9.97 Å². The maximum atomic E-state index is 6.09. The van der Waals surface area contributed by atoms with Crippen molar-refractivity contribution in [3.8, 4) is 22.8 Å². The third kappa shape index (κ3) is 3.34. The first-order chi connectivity index (χ1) is 15.3. The normalized spacial score (nSPS) is 12.2. The van der Waals surface area contributed by atoms with Crippen LogP contribution in [0.15, 0.2) is 89.0 Å². The summed E-state index contributed by atoms with van der Waals surface area (Å²) in [5.41, 5.74) is 4.68. The number of anilines is 3. The molecule has 150 valence electrons. The van der Waals surface area contributed by atoms with Crippen LogP contribution in [0.25, 0.3) is 11.3 Å². The molecule has 0 fully saturated rings. The maximum absolute atomic E-state index is 6.09. The van der Waals surface area contributed by atoms with E-state index in [4.69, 9.17) is 4.74 Å². The van der Waals surface area contributed by atoms with Gasteiger partial charge in [-0.1, -0.05) is 36.4 Å². The minimum Gasteiger partial charge on any atom is -0.453 e. The summed E-state index contributed by atoms with van der Waals surface area (Å²) in [7, 11) is 0. The maximum Gasteiger partial charge on any atom is 0.197 e. The van der Waals surface area contributed by atoms with E-state index in [2.05, 4.69) is 55.8 Å². The van der Waals surface area contributed by atoms with Gasteiger partial charge in [-0.2, -0.15) is 0 Å². The minimum atomic E-state index is 0.417. The Labute approximate surface area is 180 Å². The average molecular weight is 405 g/mol. The summed E-state index contributed by atoms with van der Waals surface area (Å²) in [4.78, 5) is 19.3. The zero-order valence-electron chi connectivity index (χ0n) is 16.9. The number of fused-ring (bicyclic) bond motifs is 2. The van der Waals surface area contributed by atoms with Crippen LogP contribution >= 0.6 is 0 Å². The van der Waals surface area contributed by atoms with Gasteiger partial charge >= 0.3 is 0 Å². The smallest absolute Gasteiger partial charge is 0.197 e. The molecule has 4 aromatic rings. The summed E-state index contributed by atoms with van der Waals surface area (Å²) in [5, 5.41) is 0. The zero-order valence-corrected chi connectivity index (χ0v) is 16.9. The molecule has 0 bridgehead atoms. The number of hydrogen-bond donors (Lipinski definition) is 0. The number of ether oxygens (including phenoxy) is 1. The molecule has 0 unspecified atom stereocenters. The molecule has 3 aromatic carbocycles. The molecule has 1 aliphatic rings. The lowest BCUT2D eigenvalue weighted by Crippen LogP contribution is -2.15. The molecule has 0 amide bonds. The van der Waals surface area contributed by atoms with Crippen LogP contribution in [0.5, 0.6) is 11.5 Å². The fraction of sp³-hybridized carbons (Fsp3) is 0.0400. The lowest BCUT2D eigenvalue weighted by Gasteiger charge is -2.32. The Morgan fingerprint density at radius 1 is 0.871 bits per heavy atom. The van der Waals surface area contributed by atoms with Crippen LogP contribution in [-0.2, 0) is 0 Å². The molecule has 1 aliphatic heterocycles. The van der Waals surface area contributed by atoms with E-state index in [1.54, 1.807) is 12.4 Å². The monoisotopic (exact) mass is 405 g/mol. The Morgan fingerprint density at radius 2 is 1.52 bits per heavy atom. The minimum absolute atomic E-state index is 0.417. The van der Waals surface area contributed by atoms with Crippen molar-refractivity contribution in [1.29, 1.82) is 0 Å². The molecule has 31 heavy (non-hydrogen) atoms. The number of para-hydroxylation sites is 4. The Bertz CT molecular complexity index is 1250. The molecule has 6 nitrogen and oxygen atoms in total. The molecule has 0 N–H and O–H groups in total. The van der Waals surface area contributed by atoms with Crippen LogP contribution in [0.2, 0.25) is 0 Å². The Kier molecular flexibility index (Phi) is 4.72. The number of aliphatic imine (C=N–C) groups is 2. The van der Waals surface area contributed by atoms with Crippen molar-refractivity contribution in [2.24, 2.45) is 9.98 Å². The van der Waals surface area contributed by atoms with Crippen molar-refractivity contribution in [3.05, 3.63) is 79.0 Å². The molecule has 2 heterocycles. The van der Waals surface area contributed by atoms with Gasteiger partial charge in [0.05, 0.1) is 23.3 Å². The van der Waals surface area contributed by atoms with Gasteiger partial charge < -0.3 is 9.64 Å². The van der Waals surface area contributed by atoms with E-state index in [0.717, 1.165) is 39.8 Å². The first kappa shape index (κ1) is 18.7. The molecule has 0 saturated carbocycles. The van der Waals surface area contributed by atoms with E-state index >= 15 is 0 Å². The van der Waals surface area contributed by atoms with Gasteiger partial charge in [-0.25, -0.2) is 20.0 Å². The summed E-state index contributed by atoms with van der Waals surface area (Å²) < 4.78 is 6.09. The Hall–Kier alpha value is -4.32. The van der Waals surface area contributed by atoms with Gasteiger partial charge in [0, 0.05) is 17.5 Å². The Balaban J connectivity index is 1.56. The number of aromatic nitrogens is 2. The molecule has 6 heteroatoms. The lowest BCUT2D eigenvalue weighted by molar-refractivity contribution is 0.477. The van der Waals surface area contributed by atoms with Crippen molar-refractivity contribution in [2.45, 2.75) is 6.92 Å². The van der Waals surface area contributed by atoms with Crippen molar-refractivity contribution < 1.29 is 4.74 Å². The molecule has 0 atom stereocenters. The first-order valence-electron chi connectivity index (χ1n) is 9.87. The third-order valence-corrected chi connectivity index (χ3v) is 4.99.